The molecule has 1 aliphatic carbocycles. The highest BCUT2D eigenvalue weighted by Crippen LogP contribution is 2.35. The van der Waals surface area contributed by atoms with E-state index in [4.69, 9.17) is 9.88 Å². The monoisotopic (exact) mass is 521 g/mol. The summed E-state index contributed by atoms with van der Waals surface area (Å²) in [4.78, 5) is 27.2. The second-order valence-electron chi connectivity index (χ2n) is 8.63. The summed E-state index contributed by atoms with van der Waals surface area (Å²) in [5.41, 5.74) is 0.153. The van der Waals surface area contributed by atoms with Gasteiger partial charge in [0.25, 0.3) is 5.91 Å². The van der Waals surface area contributed by atoms with Crippen LogP contribution in [0.15, 0.2) is 58.3 Å². The van der Waals surface area contributed by atoms with Crippen LogP contribution in [-0.2, 0) is 29.6 Å². The smallest absolute Gasteiger partial charge is 0.252 e. The topological polar surface area (TPSA) is 144 Å². The molecule has 35 heavy (non-hydrogen) atoms. The van der Waals surface area contributed by atoms with Gasteiger partial charge in [-0.2, -0.15) is 4.31 Å². The summed E-state index contributed by atoms with van der Waals surface area (Å²) in [5, 5.41) is 5.12. The molecule has 1 saturated heterocycles. The Morgan fingerprint density at radius 1 is 0.886 bits per heavy atom. The van der Waals surface area contributed by atoms with Crippen molar-refractivity contribution >= 4 is 37.5 Å². The maximum absolute atomic E-state index is 13.8. The van der Waals surface area contributed by atoms with Gasteiger partial charge in [-0.05, 0) is 61.4 Å². The lowest BCUT2D eigenvalue weighted by atomic mass is 9.94. The SMILES string of the molecule is COc1ccc(S(=O)(=O)N(C2CCCCC2)C2CC(=O)N(c3ccc(S(N)(=O)=O)cc3)C2=O)cc1. The van der Waals surface area contributed by atoms with Gasteiger partial charge in [0.1, 0.15) is 11.8 Å². The summed E-state index contributed by atoms with van der Waals surface area (Å²) in [6.07, 6.45) is 3.52. The number of sulfonamides is 2. The molecule has 1 atom stereocenters. The van der Waals surface area contributed by atoms with E-state index >= 15 is 0 Å². The Bertz CT molecular complexity index is 1320. The van der Waals surface area contributed by atoms with E-state index in [1.807, 2.05) is 0 Å². The zero-order valence-electron chi connectivity index (χ0n) is 19.2. The summed E-state index contributed by atoms with van der Waals surface area (Å²) in [6, 6.07) is 9.32. The molecule has 2 aliphatic rings. The average molecular weight is 522 g/mol. The maximum atomic E-state index is 13.8. The van der Waals surface area contributed by atoms with Crippen molar-refractivity contribution < 1.29 is 31.2 Å². The molecule has 10 nitrogen and oxygen atoms in total. The predicted molar refractivity (Wildman–Crippen MR) is 128 cm³/mol. The largest absolute Gasteiger partial charge is 0.497 e. The first kappa shape index (κ1) is 25.3. The fraction of sp³-hybridized carbons (Fsp3) is 0.391. The molecule has 0 radical (unpaired) electrons. The van der Waals surface area contributed by atoms with E-state index in [1.165, 1.54) is 59.9 Å². The third kappa shape index (κ3) is 4.96. The molecule has 0 bridgehead atoms. The number of imide groups is 1. The first-order chi connectivity index (χ1) is 16.5. The number of carbonyl (C=O) groups excluding carboxylic acids is 2. The number of hydrogen-bond acceptors (Lipinski definition) is 7. The summed E-state index contributed by atoms with van der Waals surface area (Å²) in [5.74, 6) is -0.732. The Balaban J connectivity index is 1.71. The van der Waals surface area contributed by atoms with Crippen LogP contribution in [0.3, 0.4) is 0 Å². The number of methoxy groups -OCH3 is 1. The zero-order chi connectivity index (χ0) is 25.4. The molecule has 1 heterocycles. The third-order valence-corrected chi connectivity index (χ3v) is 9.33. The first-order valence-electron chi connectivity index (χ1n) is 11.2. The quantitative estimate of drug-likeness (QED) is 0.549. The highest BCUT2D eigenvalue weighted by molar-refractivity contribution is 7.89. The fourth-order valence-electron chi connectivity index (χ4n) is 4.69. The Kier molecular flexibility index (Phi) is 7.00. The van der Waals surface area contributed by atoms with Crippen LogP contribution >= 0.6 is 0 Å². The number of carbonyl (C=O) groups is 2. The lowest BCUT2D eigenvalue weighted by molar-refractivity contribution is -0.122. The van der Waals surface area contributed by atoms with Gasteiger partial charge in [-0.1, -0.05) is 19.3 Å². The number of nitrogens with two attached hydrogens (primary N) is 1. The van der Waals surface area contributed by atoms with Crippen LogP contribution in [0.1, 0.15) is 38.5 Å². The van der Waals surface area contributed by atoms with Gasteiger partial charge < -0.3 is 4.74 Å². The highest BCUT2D eigenvalue weighted by Gasteiger charge is 2.49. The Morgan fingerprint density at radius 3 is 2.00 bits per heavy atom. The van der Waals surface area contributed by atoms with Crippen LogP contribution in [-0.4, -0.2) is 52.1 Å². The summed E-state index contributed by atoms with van der Waals surface area (Å²) in [7, 11) is -6.59. The highest BCUT2D eigenvalue weighted by atomic mass is 32.2. The summed E-state index contributed by atoms with van der Waals surface area (Å²) >= 11 is 0. The van der Waals surface area contributed by atoms with Crippen molar-refractivity contribution in [3.8, 4) is 5.75 Å². The molecule has 2 N–H and O–H groups in total. The second-order valence-corrected chi connectivity index (χ2v) is 12.0. The Morgan fingerprint density at radius 2 is 1.46 bits per heavy atom. The first-order valence-corrected chi connectivity index (χ1v) is 14.2. The van der Waals surface area contributed by atoms with E-state index < -0.39 is 43.9 Å². The fourth-order valence-corrected chi connectivity index (χ4v) is 7.04. The number of nitrogens with zero attached hydrogens (tertiary/aromatic N) is 2. The Labute approximate surface area is 204 Å². The zero-order valence-corrected chi connectivity index (χ0v) is 20.8. The van der Waals surface area contributed by atoms with Gasteiger partial charge >= 0.3 is 0 Å². The van der Waals surface area contributed by atoms with Crippen molar-refractivity contribution in [1.82, 2.24) is 4.31 Å². The number of benzene rings is 2. The lowest BCUT2D eigenvalue weighted by Crippen LogP contribution is -2.51. The van der Waals surface area contributed by atoms with Crippen LogP contribution in [0.5, 0.6) is 5.75 Å². The molecule has 1 unspecified atom stereocenters. The van der Waals surface area contributed by atoms with Crippen LogP contribution in [0.25, 0.3) is 0 Å². The summed E-state index contributed by atoms with van der Waals surface area (Å²) in [6.45, 7) is 0. The molecule has 2 fully saturated rings. The van der Waals surface area contributed by atoms with Crippen LogP contribution < -0.4 is 14.8 Å². The van der Waals surface area contributed by atoms with Gasteiger partial charge in [-0.3, -0.25) is 9.59 Å². The molecule has 2 aromatic rings. The van der Waals surface area contributed by atoms with Crippen molar-refractivity contribution in [2.45, 2.75) is 60.4 Å². The molecule has 188 valence electrons. The third-order valence-electron chi connectivity index (χ3n) is 6.42. The number of primary sulfonamides is 1. The van der Waals surface area contributed by atoms with Crippen molar-refractivity contribution in [2.75, 3.05) is 12.0 Å². The van der Waals surface area contributed by atoms with E-state index in [0.717, 1.165) is 24.2 Å². The van der Waals surface area contributed by atoms with Crippen LogP contribution in [0, 0.1) is 0 Å². The molecule has 2 aromatic carbocycles. The molecule has 4 rings (SSSR count). The van der Waals surface area contributed by atoms with Gasteiger partial charge in [-0.25, -0.2) is 26.9 Å². The maximum Gasteiger partial charge on any atom is 0.252 e. The van der Waals surface area contributed by atoms with Gasteiger partial charge in [0.05, 0.1) is 29.0 Å². The van der Waals surface area contributed by atoms with Gasteiger partial charge in [0.2, 0.25) is 26.0 Å². The standard InChI is InChI=1S/C23H27N3O7S2/c1-33-18-9-13-20(14-10-18)35(31,32)26(17-5-3-2-4-6-17)21-15-22(27)25(23(21)28)16-7-11-19(12-8-16)34(24,29)30/h7-14,17,21H,2-6,15H2,1H3,(H2,24,29,30). The Hall–Kier alpha value is -2.80. The average Bonchev–Trinajstić information content (AvgIpc) is 3.12. The minimum absolute atomic E-state index is 0.0140. The van der Waals surface area contributed by atoms with E-state index in [0.29, 0.717) is 18.6 Å². The number of hydrogen-bond donors (Lipinski definition) is 1. The molecule has 0 spiro atoms. The summed E-state index contributed by atoms with van der Waals surface area (Å²) < 4.78 is 57.0. The van der Waals surface area contributed by atoms with Crippen molar-refractivity contribution in [3.63, 3.8) is 0 Å². The molecule has 1 saturated carbocycles. The molecule has 1 aliphatic heterocycles. The predicted octanol–water partition coefficient (Wildman–Crippen LogP) is 2.00. The van der Waals surface area contributed by atoms with Crippen LogP contribution in [0.4, 0.5) is 5.69 Å². The molecule has 12 heteroatoms. The van der Waals surface area contributed by atoms with E-state index in [-0.39, 0.29) is 21.9 Å². The van der Waals surface area contributed by atoms with Gasteiger partial charge in [0.15, 0.2) is 0 Å². The van der Waals surface area contributed by atoms with Crippen molar-refractivity contribution in [1.29, 1.82) is 0 Å². The van der Waals surface area contributed by atoms with Gasteiger partial charge in [0, 0.05) is 6.04 Å². The van der Waals surface area contributed by atoms with Gasteiger partial charge in [-0.15, -0.1) is 0 Å². The molecule has 0 aromatic heterocycles. The van der Waals surface area contributed by atoms with Crippen molar-refractivity contribution in [2.24, 2.45) is 5.14 Å². The molecular weight excluding hydrogens is 494 g/mol. The second kappa shape index (κ2) is 9.69. The normalized spacial score (nSPS) is 20.0. The number of rotatable bonds is 7. The lowest BCUT2D eigenvalue weighted by Gasteiger charge is -2.36. The van der Waals surface area contributed by atoms with E-state index in [2.05, 4.69) is 0 Å². The van der Waals surface area contributed by atoms with Crippen molar-refractivity contribution in [3.05, 3.63) is 48.5 Å². The minimum Gasteiger partial charge on any atom is -0.497 e. The number of ether oxygens (including phenoxy) is 1. The minimum atomic E-state index is -4.11. The van der Waals surface area contributed by atoms with E-state index in [9.17, 15) is 26.4 Å². The molecule has 2 amide bonds. The van der Waals surface area contributed by atoms with Crippen LogP contribution in [0.2, 0.25) is 0 Å². The number of amides is 2. The molecular formula is C23H27N3O7S2. The number of anilines is 1. The van der Waals surface area contributed by atoms with E-state index in [1.54, 1.807) is 0 Å².